The molecular formula is C12H18N6OS. The van der Waals surface area contributed by atoms with Gasteiger partial charge in [-0.3, -0.25) is 4.68 Å². The SMILES string of the molecule is COCCN(CCC(N)=S)c1ncnc2c1cnn2C. The van der Waals surface area contributed by atoms with Gasteiger partial charge < -0.3 is 15.4 Å². The molecule has 0 atom stereocenters. The Morgan fingerprint density at radius 1 is 1.45 bits per heavy atom. The molecule has 0 bridgehead atoms. The Morgan fingerprint density at radius 2 is 2.25 bits per heavy atom. The lowest BCUT2D eigenvalue weighted by Gasteiger charge is -2.23. The van der Waals surface area contributed by atoms with E-state index in [4.69, 9.17) is 22.7 Å². The minimum absolute atomic E-state index is 0.490. The van der Waals surface area contributed by atoms with E-state index in [2.05, 4.69) is 20.0 Å². The number of aromatic nitrogens is 4. The normalized spacial score (nSPS) is 10.9. The largest absolute Gasteiger partial charge is 0.393 e. The van der Waals surface area contributed by atoms with Crippen LogP contribution in [0.2, 0.25) is 0 Å². The Balaban J connectivity index is 2.31. The van der Waals surface area contributed by atoms with Gasteiger partial charge in [-0.05, 0) is 0 Å². The van der Waals surface area contributed by atoms with E-state index >= 15 is 0 Å². The Kier molecular flexibility index (Phi) is 4.80. The molecule has 2 aromatic heterocycles. The third-order valence-electron chi connectivity index (χ3n) is 3.00. The van der Waals surface area contributed by atoms with Crippen LogP contribution in [0.5, 0.6) is 0 Å². The molecule has 20 heavy (non-hydrogen) atoms. The molecule has 0 unspecified atom stereocenters. The summed E-state index contributed by atoms with van der Waals surface area (Å²) in [6.45, 7) is 2.00. The van der Waals surface area contributed by atoms with Crippen molar-refractivity contribution in [2.75, 3.05) is 31.7 Å². The number of ether oxygens (including phenoxy) is 1. The second-order valence-corrected chi connectivity index (χ2v) is 4.92. The summed E-state index contributed by atoms with van der Waals surface area (Å²) in [7, 11) is 3.53. The quantitative estimate of drug-likeness (QED) is 0.744. The summed E-state index contributed by atoms with van der Waals surface area (Å²) in [5.74, 6) is 0.830. The number of nitrogens with two attached hydrogens (primary N) is 1. The number of thiocarbonyl (C=S) groups is 1. The molecule has 0 fully saturated rings. The maximum absolute atomic E-state index is 5.59. The molecule has 2 heterocycles. The third-order valence-corrected chi connectivity index (χ3v) is 3.21. The van der Waals surface area contributed by atoms with Crippen LogP contribution in [0.3, 0.4) is 0 Å². The second kappa shape index (κ2) is 6.58. The van der Waals surface area contributed by atoms with Crippen LogP contribution in [0.15, 0.2) is 12.5 Å². The average Bonchev–Trinajstić information content (AvgIpc) is 2.81. The minimum Gasteiger partial charge on any atom is -0.393 e. The van der Waals surface area contributed by atoms with Crippen molar-refractivity contribution in [2.45, 2.75) is 6.42 Å². The van der Waals surface area contributed by atoms with Gasteiger partial charge in [-0.2, -0.15) is 5.10 Å². The summed E-state index contributed by atoms with van der Waals surface area (Å²) in [6.07, 6.45) is 3.94. The van der Waals surface area contributed by atoms with Crippen molar-refractivity contribution in [2.24, 2.45) is 12.8 Å². The van der Waals surface area contributed by atoms with E-state index in [-0.39, 0.29) is 0 Å². The highest BCUT2D eigenvalue weighted by Gasteiger charge is 2.14. The Morgan fingerprint density at radius 3 is 2.95 bits per heavy atom. The van der Waals surface area contributed by atoms with Gasteiger partial charge in [-0.15, -0.1) is 0 Å². The van der Waals surface area contributed by atoms with Crippen molar-refractivity contribution in [3.63, 3.8) is 0 Å². The predicted molar refractivity (Wildman–Crippen MR) is 81.8 cm³/mol. The van der Waals surface area contributed by atoms with E-state index < -0.39 is 0 Å². The van der Waals surface area contributed by atoms with Crippen LogP contribution < -0.4 is 10.6 Å². The van der Waals surface area contributed by atoms with E-state index in [1.165, 1.54) is 0 Å². The fourth-order valence-corrected chi connectivity index (χ4v) is 2.06. The lowest BCUT2D eigenvalue weighted by molar-refractivity contribution is 0.205. The maximum atomic E-state index is 5.59. The zero-order valence-electron chi connectivity index (χ0n) is 11.6. The highest BCUT2D eigenvalue weighted by Crippen LogP contribution is 2.22. The van der Waals surface area contributed by atoms with Gasteiger partial charge in [0.15, 0.2) is 5.65 Å². The number of aryl methyl sites for hydroxylation is 1. The summed E-state index contributed by atoms with van der Waals surface area (Å²) in [5, 5.41) is 5.13. The van der Waals surface area contributed by atoms with Crippen molar-refractivity contribution in [3.05, 3.63) is 12.5 Å². The van der Waals surface area contributed by atoms with Crippen molar-refractivity contribution in [1.29, 1.82) is 0 Å². The van der Waals surface area contributed by atoms with Crippen molar-refractivity contribution >= 4 is 34.1 Å². The maximum Gasteiger partial charge on any atom is 0.163 e. The lowest BCUT2D eigenvalue weighted by Crippen LogP contribution is -2.31. The van der Waals surface area contributed by atoms with Gasteiger partial charge in [0.25, 0.3) is 0 Å². The lowest BCUT2D eigenvalue weighted by atomic mass is 10.3. The smallest absolute Gasteiger partial charge is 0.163 e. The third kappa shape index (κ3) is 3.20. The number of anilines is 1. The van der Waals surface area contributed by atoms with Gasteiger partial charge in [-0.25, -0.2) is 9.97 Å². The highest BCUT2D eigenvalue weighted by molar-refractivity contribution is 7.80. The Labute approximate surface area is 122 Å². The number of rotatable bonds is 7. The standard InChI is InChI=1S/C12H18N6OS/c1-17-11-9(7-16-17)12(15-8-14-11)18(5-6-19-2)4-3-10(13)20/h7-8H,3-6H2,1-2H3,(H2,13,20). The van der Waals surface area contributed by atoms with Gasteiger partial charge in [0.1, 0.15) is 12.1 Å². The van der Waals surface area contributed by atoms with Crippen LogP contribution in [0.1, 0.15) is 6.42 Å². The summed E-state index contributed by atoms with van der Waals surface area (Å²) in [4.78, 5) is 11.2. The molecule has 0 aliphatic rings. The average molecular weight is 294 g/mol. The molecule has 0 radical (unpaired) electrons. The Hall–Kier alpha value is -1.80. The topological polar surface area (TPSA) is 82.1 Å². The molecule has 2 rings (SSSR count). The summed E-state index contributed by atoms with van der Waals surface area (Å²) in [5.41, 5.74) is 6.39. The van der Waals surface area contributed by atoms with Crippen LogP contribution >= 0.6 is 12.2 Å². The molecule has 0 saturated heterocycles. The number of methoxy groups -OCH3 is 1. The molecule has 8 heteroatoms. The summed E-state index contributed by atoms with van der Waals surface area (Å²) in [6, 6.07) is 0. The molecule has 0 saturated carbocycles. The summed E-state index contributed by atoms with van der Waals surface area (Å²) >= 11 is 4.95. The van der Waals surface area contributed by atoms with E-state index in [1.54, 1.807) is 24.3 Å². The number of hydrogen-bond acceptors (Lipinski definition) is 6. The first-order valence-corrected chi connectivity index (χ1v) is 6.69. The van der Waals surface area contributed by atoms with Gasteiger partial charge in [0.05, 0.1) is 23.2 Å². The monoisotopic (exact) mass is 294 g/mol. The van der Waals surface area contributed by atoms with Crippen LogP contribution in [-0.2, 0) is 11.8 Å². The van der Waals surface area contributed by atoms with Crippen molar-refractivity contribution in [1.82, 2.24) is 19.7 Å². The van der Waals surface area contributed by atoms with E-state index in [1.807, 2.05) is 7.05 Å². The molecule has 108 valence electrons. The molecule has 0 amide bonds. The van der Waals surface area contributed by atoms with Gasteiger partial charge in [-0.1, -0.05) is 12.2 Å². The first-order valence-electron chi connectivity index (χ1n) is 6.28. The van der Waals surface area contributed by atoms with Crippen LogP contribution in [0, 0.1) is 0 Å². The van der Waals surface area contributed by atoms with Crippen molar-refractivity contribution in [3.8, 4) is 0 Å². The van der Waals surface area contributed by atoms with E-state index in [0.717, 1.165) is 16.9 Å². The molecule has 2 N–H and O–H groups in total. The second-order valence-electron chi connectivity index (χ2n) is 4.40. The predicted octanol–water partition coefficient (Wildman–Crippen LogP) is 0.492. The van der Waals surface area contributed by atoms with Crippen LogP contribution in [-0.4, -0.2) is 51.5 Å². The number of hydrogen-bond donors (Lipinski definition) is 1. The van der Waals surface area contributed by atoms with Gasteiger partial charge in [0, 0.05) is 33.7 Å². The fourth-order valence-electron chi connectivity index (χ4n) is 1.97. The van der Waals surface area contributed by atoms with E-state index in [0.29, 0.717) is 31.1 Å². The zero-order valence-corrected chi connectivity index (χ0v) is 12.4. The zero-order chi connectivity index (χ0) is 14.5. The van der Waals surface area contributed by atoms with Crippen LogP contribution in [0.4, 0.5) is 5.82 Å². The summed E-state index contributed by atoms with van der Waals surface area (Å²) < 4.78 is 6.87. The number of fused-ring (bicyclic) bond motifs is 1. The molecule has 0 aliphatic carbocycles. The van der Waals surface area contributed by atoms with Gasteiger partial charge >= 0.3 is 0 Å². The molecule has 0 aliphatic heterocycles. The minimum atomic E-state index is 0.490. The fraction of sp³-hybridized carbons (Fsp3) is 0.500. The molecule has 7 nitrogen and oxygen atoms in total. The molecule has 2 aromatic rings. The molecule has 0 aromatic carbocycles. The number of nitrogens with zero attached hydrogens (tertiary/aromatic N) is 5. The van der Waals surface area contributed by atoms with E-state index in [9.17, 15) is 0 Å². The Bertz CT molecular complexity index is 599. The molecule has 0 spiro atoms. The van der Waals surface area contributed by atoms with Crippen LogP contribution in [0.25, 0.3) is 11.0 Å². The first-order chi connectivity index (χ1) is 9.63. The first kappa shape index (κ1) is 14.6. The highest BCUT2D eigenvalue weighted by atomic mass is 32.1. The van der Waals surface area contributed by atoms with Gasteiger partial charge in [0.2, 0.25) is 0 Å². The van der Waals surface area contributed by atoms with Crippen molar-refractivity contribution < 1.29 is 4.74 Å². The molecular weight excluding hydrogens is 276 g/mol.